The van der Waals surface area contributed by atoms with Crippen LogP contribution in [0.4, 0.5) is 0 Å². The van der Waals surface area contributed by atoms with Crippen LogP contribution < -0.4 is 10.9 Å². The van der Waals surface area contributed by atoms with E-state index in [0.717, 1.165) is 26.1 Å². The number of fused-ring (bicyclic) bond motifs is 1. The first-order valence-electron chi connectivity index (χ1n) is 9.16. The van der Waals surface area contributed by atoms with Crippen molar-refractivity contribution in [3.8, 4) is 5.88 Å². The molecule has 2 N–H and O–H groups in total. The van der Waals surface area contributed by atoms with Gasteiger partial charge in [-0.3, -0.25) is 14.0 Å². The average Bonchev–Trinajstić information content (AvgIpc) is 2.58. The Morgan fingerprint density at radius 1 is 1.31 bits per heavy atom. The molecule has 0 spiro atoms. The molecule has 1 fully saturated rings. The maximum Gasteiger partial charge on any atom is 0.274 e. The molecule has 1 amide bonds. The lowest BCUT2D eigenvalue weighted by Gasteiger charge is -2.34. The van der Waals surface area contributed by atoms with E-state index in [1.807, 2.05) is 0 Å². The third kappa shape index (κ3) is 4.04. The van der Waals surface area contributed by atoms with Crippen LogP contribution in [0.15, 0.2) is 29.2 Å². The minimum absolute atomic E-state index is 0.305. The zero-order chi connectivity index (χ0) is 18.7. The van der Waals surface area contributed by atoms with E-state index in [2.05, 4.69) is 29.0 Å². The van der Waals surface area contributed by atoms with Crippen LogP contribution in [0.3, 0.4) is 0 Å². The van der Waals surface area contributed by atoms with Gasteiger partial charge in [0.05, 0.1) is 0 Å². The second-order valence-corrected chi connectivity index (χ2v) is 7.36. The molecule has 1 aliphatic rings. The number of rotatable bonds is 5. The highest BCUT2D eigenvalue weighted by Crippen LogP contribution is 2.20. The first kappa shape index (κ1) is 18.4. The summed E-state index contributed by atoms with van der Waals surface area (Å²) in [5.74, 6) is 0.291. The molecule has 140 valence electrons. The molecule has 0 aromatic carbocycles. The van der Waals surface area contributed by atoms with Gasteiger partial charge in [-0.05, 0) is 43.4 Å². The highest BCUT2D eigenvalue weighted by atomic mass is 16.3. The van der Waals surface area contributed by atoms with Crippen LogP contribution in [-0.2, 0) is 0 Å². The highest BCUT2D eigenvalue weighted by Gasteiger charge is 2.22. The number of aromatic nitrogens is 2. The van der Waals surface area contributed by atoms with Crippen LogP contribution in [0.25, 0.3) is 5.65 Å². The molecule has 2 aromatic rings. The zero-order valence-electron chi connectivity index (χ0n) is 15.3. The van der Waals surface area contributed by atoms with Crippen molar-refractivity contribution in [2.24, 2.45) is 11.8 Å². The van der Waals surface area contributed by atoms with Crippen molar-refractivity contribution in [3.63, 3.8) is 0 Å². The normalized spacial score (nSPS) is 21.0. The first-order valence-corrected chi connectivity index (χ1v) is 9.16. The highest BCUT2D eigenvalue weighted by molar-refractivity contribution is 5.96. The van der Waals surface area contributed by atoms with Crippen LogP contribution in [0, 0.1) is 11.8 Å². The number of piperidine rings is 1. The molecule has 0 radical (unpaired) electrons. The minimum atomic E-state index is -0.585. The predicted octanol–water partition coefficient (Wildman–Crippen LogP) is 1.50. The molecule has 3 heterocycles. The van der Waals surface area contributed by atoms with Gasteiger partial charge in [-0.25, -0.2) is 0 Å². The Balaban J connectivity index is 1.59. The topological polar surface area (TPSA) is 86.9 Å². The Hall–Kier alpha value is -2.41. The fourth-order valence-electron chi connectivity index (χ4n) is 3.84. The zero-order valence-corrected chi connectivity index (χ0v) is 15.3. The predicted molar refractivity (Wildman–Crippen MR) is 99.5 cm³/mol. The molecular weight excluding hydrogens is 332 g/mol. The molecule has 2 unspecified atom stereocenters. The van der Waals surface area contributed by atoms with E-state index in [9.17, 15) is 14.7 Å². The summed E-state index contributed by atoms with van der Waals surface area (Å²) in [6.07, 6.45) is 3.60. The van der Waals surface area contributed by atoms with Gasteiger partial charge >= 0.3 is 0 Å². The van der Waals surface area contributed by atoms with Gasteiger partial charge < -0.3 is 15.3 Å². The van der Waals surface area contributed by atoms with Gasteiger partial charge in [0.25, 0.3) is 11.5 Å². The van der Waals surface area contributed by atoms with Crippen LogP contribution in [0.5, 0.6) is 5.88 Å². The largest absolute Gasteiger partial charge is 0.493 e. The number of carbonyl (C=O) groups is 1. The number of pyridine rings is 1. The number of carbonyl (C=O) groups excluding carboxylic acids is 1. The average molecular weight is 358 g/mol. The molecule has 2 atom stereocenters. The number of likely N-dealkylation sites (tertiary alicyclic amines) is 1. The lowest BCUT2D eigenvalue weighted by Crippen LogP contribution is -2.40. The van der Waals surface area contributed by atoms with Crippen molar-refractivity contribution in [2.75, 3.05) is 26.2 Å². The quantitative estimate of drug-likeness (QED) is 0.791. The summed E-state index contributed by atoms with van der Waals surface area (Å²) in [6.45, 7) is 8.09. The van der Waals surface area contributed by atoms with Crippen LogP contribution in [0.1, 0.15) is 37.0 Å². The SMILES string of the molecule is CC1CC(C)CN(CCCNC(=O)c2c(O)nc3ccccn3c2=O)C1. The van der Waals surface area contributed by atoms with Crippen molar-refractivity contribution < 1.29 is 9.90 Å². The van der Waals surface area contributed by atoms with Gasteiger partial charge in [-0.15, -0.1) is 0 Å². The van der Waals surface area contributed by atoms with Gasteiger partial charge in [-0.2, -0.15) is 4.98 Å². The van der Waals surface area contributed by atoms with E-state index in [1.165, 1.54) is 17.0 Å². The molecule has 26 heavy (non-hydrogen) atoms. The van der Waals surface area contributed by atoms with Gasteiger partial charge in [0.15, 0.2) is 5.56 Å². The van der Waals surface area contributed by atoms with Crippen LogP contribution in [-0.4, -0.2) is 51.5 Å². The Labute approximate surface area is 152 Å². The summed E-state index contributed by atoms with van der Waals surface area (Å²) >= 11 is 0. The standard InChI is InChI=1S/C19H26N4O3/c1-13-10-14(2)12-22(11-13)8-5-7-20-17(24)16-18(25)21-15-6-3-4-9-23(15)19(16)26/h3-4,6,9,13-14,25H,5,7-8,10-12H2,1-2H3,(H,20,24). The molecule has 0 bridgehead atoms. The number of nitrogens with one attached hydrogen (secondary N) is 1. The van der Waals surface area contributed by atoms with Gasteiger partial charge in [0, 0.05) is 25.8 Å². The summed E-state index contributed by atoms with van der Waals surface area (Å²) in [6, 6.07) is 4.99. The summed E-state index contributed by atoms with van der Waals surface area (Å²) in [7, 11) is 0. The number of hydrogen-bond acceptors (Lipinski definition) is 5. The molecule has 1 aliphatic heterocycles. The molecule has 0 saturated carbocycles. The van der Waals surface area contributed by atoms with E-state index in [1.54, 1.807) is 18.2 Å². The monoisotopic (exact) mass is 358 g/mol. The first-order chi connectivity index (χ1) is 12.5. The summed E-state index contributed by atoms with van der Waals surface area (Å²) < 4.78 is 1.26. The molecule has 7 nitrogen and oxygen atoms in total. The number of hydrogen-bond donors (Lipinski definition) is 2. The fraction of sp³-hybridized carbons (Fsp3) is 0.526. The second kappa shape index (κ2) is 7.86. The molecule has 3 rings (SSSR count). The lowest BCUT2D eigenvalue weighted by atomic mass is 9.92. The smallest absolute Gasteiger partial charge is 0.274 e. The fourth-order valence-corrected chi connectivity index (χ4v) is 3.84. The third-order valence-corrected chi connectivity index (χ3v) is 4.82. The molecule has 1 saturated heterocycles. The van der Waals surface area contributed by atoms with Crippen LogP contribution in [0.2, 0.25) is 0 Å². The molecule has 2 aromatic heterocycles. The second-order valence-electron chi connectivity index (χ2n) is 7.36. The Morgan fingerprint density at radius 3 is 2.77 bits per heavy atom. The Morgan fingerprint density at radius 2 is 2.04 bits per heavy atom. The van der Waals surface area contributed by atoms with Crippen LogP contribution >= 0.6 is 0 Å². The lowest BCUT2D eigenvalue weighted by molar-refractivity contribution is 0.0942. The number of aromatic hydroxyl groups is 1. The third-order valence-electron chi connectivity index (χ3n) is 4.82. The van der Waals surface area contributed by atoms with E-state index in [4.69, 9.17) is 0 Å². The van der Waals surface area contributed by atoms with Crippen molar-refractivity contribution in [1.29, 1.82) is 0 Å². The Bertz CT molecular complexity index is 838. The summed E-state index contributed by atoms with van der Waals surface area (Å²) in [4.78, 5) is 31.1. The van der Waals surface area contributed by atoms with Crippen molar-refractivity contribution in [1.82, 2.24) is 19.6 Å². The number of amides is 1. The molecular formula is C19H26N4O3. The van der Waals surface area contributed by atoms with Gasteiger partial charge in [-0.1, -0.05) is 19.9 Å². The van der Waals surface area contributed by atoms with Gasteiger partial charge in [0.2, 0.25) is 5.88 Å². The summed E-state index contributed by atoms with van der Waals surface area (Å²) in [5, 5.41) is 12.7. The van der Waals surface area contributed by atoms with E-state index < -0.39 is 17.3 Å². The summed E-state index contributed by atoms with van der Waals surface area (Å²) in [5.41, 5.74) is -0.571. The van der Waals surface area contributed by atoms with Crippen molar-refractivity contribution in [2.45, 2.75) is 26.7 Å². The molecule has 0 aliphatic carbocycles. The maximum atomic E-state index is 12.4. The van der Waals surface area contributed by atoms with Crippen molar-refractivity contribution >= 4 is 11.6 Å². The number of nitrogens with zero attached hydrogens (tertiary/aromatic N) is 3. The Kier molecular flexibility index (Phi) is 5.56. The van der Waals surface area contributed by atoms with E-state index in [-0.39, 0.29) is 5.56 Å². The molecule has 7 heteroatoms. The van der Waals surface area contributed by atoms with E-state index in [0.29, 0.717) is 24.0 Å². The van der Waals surface area contributed by atoms with Gasteiger partial charge in [0.1, 0.15) is 5.65 Å². The van der Waals surface area contributed by atoms with Crippen molar-refractivity contribution in [3.05, 3.63) is 40.3 Å². The minimum Gasteiger partial charge on any atom is -0.493 e. The van der Waals surface area contributed by atoms with E-state index >= 15 is 0 Å². The maximum absolute atomic E-state index is 12.4.